The molecule has 0 aromatic rings. The molecule has 2 N–H and O–H groups in total. The lowest BCUT2D eigenvalue weighted by molar-refractivity contribution is -0.135. The van der Waals surface area contributed by atoms with Crippen LogP contribution < -0.4 is 5.73 Å². The van der Waals surface area contributed by atoms with Crippen LogP contribution in [-0.2, 0) is 4.79 Å². The Morgan fingerprint density at radius 2 is 1.89 bits per heavy atom. The molecule has 0 saturated heterocycles. The van der Waals surface area contributed by atoms with E-state index in [1.54, 1.807) is 0 Å². The van der Waals surface area contributed by atoms with Gasteiger partial charge in [-0.25, -0.2) is 0 Å². The van der Waals surface area contributed by atoms with Crippen LogP contribution in [0.15, 0.2) is 0 Å². The Bertz CT molecular complexity index is 247. The first-order valence-electron chi connectivity index (χ1n) is 7.62. The molecule has 1 fully saturated rings. The van der Waals surface area contributed by atoms with Crippen LogP contribution in [-0.4, -0.2) is 29.4 Å². The van der Waals surface area contributed by atoms with Gasteiger partial charge >= 0.3 is 0 Å². The Morgan fingerprint density at radius 3 is 2.39 bits per heavy atom. The lowest BCUT2D eigenvalue weighted by Crippen LogP contribution is -2.48. The van der Waals surface area contributed by atoms with Crippen LogP contribution in [0.4, 0.5) is 0 Å². The monoisotopic (exact) mass is 254 g/mol. The van der Waals surface area contributed by atoms with Crippen molar-refractivity contribution in [1.82, 2.24) is 4.90 Å². The number of hydrogen-bond donors (Lipinski definition) is 1. The highest BCUT2D eigenvalue weighted by Crippen LogP contribution is 2.25. The number of rotatable bonds is 7. The van der Waals surface area contributed by atoms with Gasteiger partial charge in [0.2, 0.25) is 5.91 Å². The van der Waals surface area contributed by atoms with Gasteiger partial charge in [-0.3, -0.25) is 4.79 Å². The van der Waals surface area contributed by atoms with Crippen LogP contribution in [0.2, 0.25) is 0 Å². The molecule has 0 spiro atoms. The maximum Gasteiger partial charge on any atom is 0.239 e. The average molecular weight is 254 g/mol. The van der Waals surface area contributed by atoms with Gasteiger partial charge in [-0.1, -0.05) is 40.0 Å². The zero-order chi connectivity index (χ0) is 13.5. The maximum absolute atomic E-state index is 12.4. The summed E-state index contributed by atoms with van der Waals surface area (Å²) < 4.78 is 0. The first kappa shape index (κ1) is 15.5. The first-order valence-corrected chi connectivity index (χ1v) is 7.62. The van der Waals surface area contributed by atoms with E-state index in [4.69, 9.17) is 5.73 Å². The van der Waals surface area contributed by atoms with E-state index in [1.807, 2.05) is 0 Å². The lowest BCUT2D eigenvalue weighted by Gasteiger charge is -2.32. The molecule has 1 atom stereocenters. The zero-order valence-electron chi connectivity index (χ0n) is 12.3. The highest BCUT2D eigenvalue weighted by Gasteiger charge is 2.29. The number of amides is 1. The molecule has 1 amide bonds. The summed E-state index contributed by atoms with van der Waals surface area (Å²) in [6, 6.07) is 0.168. The van der Waals surface area contributed by atoms with Crippen molar-refractivity contribution in [1.29, 1.82) is 0 Å². The van der Waals surface area contributed by atoms with E-state index in [0.717, 1.165) is 25.8 Å². The summed E-state index contributed by atoms with van der Waals surface area (Å²) in [4.78, 5) is 14.5. The molecule has 18 heavy (non-hydrogen) atoms. The molecule has 0 radical (unpaired) electrons. The van der Waals surface area contributed by atoms with Crippen LogP contribution >= 0.6 is 0 Å². The van der Waals surface area contributed by atoms with Crippen molar-refractivity contribution in [3.8, 4) is 0 Å². The highest BCUT2D eigenvalue weighted by atomic mass is 16.2. The van der Waals surface area contributed by atoms with E-state index in [1.165, 1.54) is 25.7 Å². The largest absolute Gasteiger partial charge is 0.338 e. The lowest BCUT2D eigenvalue weighted by atomic mass is 10.1. The third-order valence-electron chi connectivity index (χ3n) is 3.91. The molecule has 1 aliphatic carbocycles. The second-order valence-corrected chi connectivity index (χ2v) is 6.05. The van der Waals surface area contributed by atoms with Crippen molar-refractivity contribution in [2.75, 3.05) is 6.54 Å². The van der Waals surface area contributed by atoms with Gasteiger partial charge in [-0.2, -0.15) is 0 Å². The number of carbonyl (C=O) groups is 1. The molecule has 3 heteroatoms. The molecule has 0 aromatic carbocycles. The molecule has 1 rings (SSSR count). The second-order valence-electron chi connectivity index (χ2n) is 6.05. The summed E-state index contributed by atoms with van der Waals surface area (Å²) in [6.07, 6.45) is 7.74. The Hall–Kier alpha value is -0.570. The van der Waals surface area contributed by atoms with Gasteiger partial charge in [0.05, 0.1) is 6.04 Å². The number of nitrogens with zero attached hydrogens (tertiary/aromatic N) is 1. The molecule has 3 nitrogen and oxygen atoms in total. The minimum atomic E-state index is -0.289. The summed E-state index contributed by atoms with van der Waals surface area (Å²) in [7, 11) is 0. The third-order valence-corrected chi connectivity index (χ3v) is 3.91. The standard InChI is InChI=1S/C15H30N2O/c1-4-7-14(16)15(18)17(11-10-12(2)3)13-8-5-6-9-13/h12-14H,4-11,16H2,1-3H3/t14-/m1/s1. The van der Waals surface area contributed by atoms with Crippen LogP contribution in [0.1, 0.15) is 65.7 Å². The summed E-state index contributed by atoms with van der Waals surface area (Å²) in [6.45, 7) is 7.40. The van der Waals surface area contributed by atoms with Gasteiger partial charge in [0, 0.05) is 12.6 Å². The molecule has 0 aliphatic heterocycles. The maximum atomic E-state index is 12.4. The number of nitrogens with two attached hydrogens (primary N) is 1. The molecule has 0 aromatic heterocycles. The number of carbonyl (C=O) groups excluding carboxylic acids is 1. The fourth-order valence-electron chi connectivity index (χ4n) is 2.73. The van der Waals surface area contributed by atoms with Crippen LogP contribution in [0, 0.1) is 5.92 Å². The molecule has 0 unspecified atom stereocenters. The molecule has 0 bridgehead atoms. The molecule has 1 saturated carbocycles. The van der Waals surface area contributed by atoms with Gasteiger partial charge in [-0.05, 0) is 31.6 Å². The predicted molar refractivity (Wildman–Crippen MR) is 76.3 cm³/mol. The molecule has 106 valence electrons. The predicted octanol–water partition coefficient (Wildman–Crippen LogP) is 2.93. The van der Waals surface area contributed by atoms with E-state index in [2.05, 4.69) is 25.7 Å². The van der Waals surface area contributed by atoms with Gasteiger partial charge in [0.25, 0.3) is 0 Å². The average Bonchev–Trinajstić information content (AvgIpc) is 2.82. The number of hydrogen-bond acceptors (Lipinski definition) is 2. The van der Waals surface area contributed by atoms with Crippen molar-refractivity contribution in [3.63, 3.8) is 0 Å². The van der Waals surface area contributed by atoms with E-state index in [9.17, 15) is 4.79 Å². The SMILES string of the molecule is CCC[C@@H](N)C(=O)N(CCC(C)C)C1CCCC1. The van der Waals surface area contributed by atoms with Crippen molar-refractivity contribution in [3.05, 3.63) is 0 Å². The fourth-order valence-corrected chi connectivity index (χ4v) is 2.73. The first-order chi connectivity index (χ1) is 8.56. The summed E-state index contributed by atoms with van der Waals surface area (Å²) >= 11 is 0. The van der Waals surface area contributed by atoms with Crippen molar-refractivity contribution >= 4 is 5.91 Å². The quantitative estimate of drug-likeness (QED) is 0.759. The van der Waals surface area contributed by atoms with Crippen LogP contribution in [0.5, 0.6) is 0 Å². The Kier molecular flexibility index (Phi) is 6.69. The van der Waals surface area contributed by atoms with Gasteiger partial charge in [0.15, 0.2) is 0 Å². The van der Waals surface area contributed by atoms with E-state index in [-0.39, 0.29) is 11.9 Å². The molecule has 0 heterocycles. The van der Waals surface area contributed by atoms with Gasteiger partial charge < -0.3 is 10.6 Å². The topological polar surface area (TPSA) is 46.3 Å². The molecule has 1 aliphatic rings. The minimum Gasteiger partial charge on any atom is -0.338 e. The van der Waals surface area contributed by atoms with Crippen LogP contribution in [0.25, 0.3) is 0 Å². The van der Waals surface area contributed by atoms with E-state index >= 15 is 0 Å². The summed E-state index contributed by atoms with van der Waals surface area (Å²) in [5.41, 5.74) is 6.01. The zero-order valence-corrected chi connectivity index (χ0v) is 12.3. The van der Waals surface area contributed by atoms with E-state index < -0.39 is 0 Å². The van der Waals surface area contributed by atoms with Crippen LogP contribution in [0.3, 0.4) is 0 Å². The van der Waals surface area contributed by atoms with Crippen molar-refractivity contribution < 1.29 is 4.79 Å². The summed E-state index contributed by atoms with van der Waals surface area (Å²) in [5, 5.41) is 0. The Labute approximate surface area is 112 Å². The van der Waals surface area contributed by atoms with Gasteiger partial charge in [0.1, 0.15) is 0 Å². The Morgan fingerprint density at radius 1 is 1.28 bits per heavy atom. The minimum absolute atomic E-state index is 0.185. The highest BCUT2D eigenvalue weighted by molar-refractivity contribution is 5.82. The van der Waals surface area contributed by atoms with Crippen molar-refractivity contribution in [2.45, 2.75) is 77.8 Å². The Balaban J connectivity index is 2.60. The molecular weight excluding hydrogens is 224 g/mol. The fraction of sp³-hybridized carbons (Fsp3) is 0.933. The van der Waals surface area contributed by atoms with Gasteiger partial charge in [-0.15, -0.1) is 0 Å². The second kappa shape index (κ2) is 7.78. The smallest absolute Gasteiger partial charge is 0.239 e. The van der Waals surface area contributed by atoms with Crippen molar-refractivity contribution in [2.24, 2.45) is 11.7 Å². The summed E-state index contributed by atoms with van der Waals surface area (Å²) in [5.74, 6) is 0.827. The normalized spacial score (nSPS) is 18.3. The molecular formula is C15H30N2O. The third kappa shape index (κ3) is 4.60. The van der Waals surface area contributed by atoms with E-state index in [0.29, 0.717) is 12.0 Å².